The van der Waals surface area contributed by atoms with Crippen LogP contribution in [0.25, 0.3) is 0 Å². The van der Waals surface area contributed by atoms with Crippen LogP contribution < -0.4 is 0 Å². The molecule has 0 aromatic rings. The van der Waals surface area contributed by atoms with E-state index in [1.54, 1.807) is 0 Å². The SMILES string of the molecule is CCCCN(CCCC)CCCC[SiH](OCC)OCC. The molecule has 0 N–H and O–H groups in total. The van der Waals surface area contributed by atoms with Gasteiger partial charge in [-0.25, -0.2) is 0 Å². The van der Waals surface area contributed by atoms with Gasteiger partial charge in [-0.1, -0.05) is 33.1 Å². The first-order valence-corrected chi connectivity index (χ1v) is 10.5. The molecule has 0 aromatic carbocycles. The standard InChI is InChI=1S/C16H37NO2Si/c1-5-9-13-17(14-10-6-2)15-11-12-16-20(18-7-3)19-8-4/h20H,5-16H2,1-4H3. The summed E-state index contributed by atoms with van der Waals surface area (Å²) in [5, 5.41) is 0. The number of rotatable bonds is 15. The number of hydrogen-bond acceptors (Lipinski definition) is 3. The van der Waals surface area contributed by atoms with Gasteiger partial charge in [-0.05, 0) is 58.8 Å². The van der Waals surface area contributed by atoms with Crippen LogP contribution in [0, 0.1) is 0 Å². The van der Waals surface area contributed by atoms with Gasteiger partial charge in [0.25, 0.3) is 0 Å². The van der Waals surface area contributed by atoms with Crippen molar-refractivity contribution in [1.82, 2.24) is 4.90 Å². The lowest BCUT2D eigenvalue weighted by molar-refractivity contribution is 0.211. The highest BCUT2D eigenvalue weighted by Gasteiger charge is 2.12. The average Bonchev–Trinajstić information content (AvgIpc) is 2.45. The van der Waals surface area contributed by atoms with E-state index in [9.17, 15) is 0 Å². The Labute approximate surface area is 128 Å². The molecule has 0 radical (unpaired) electrons. The van der Waals surface area contributed by atoms with E-state index in [1.807, 2.05) is 0 Å². The van der Waals surface area contributed by atoms with Crippen molar-refractivity contribution in [2.75, 3.05) is 32.8 Å². The van der Waals surface area contributed by atoms with Crippen molar-refractivity contribution in [2.24, 2.45) is 0 Å². The largest absolute Gasteiger partial charge is 0.397 e. The zero-order chi connectivity index (χ0) is 15.1. The monoisotopic (exact) mass is 303 g/mol. The summed E-state index contributed by atoms with van der Waals surface area (Å²) in [6, 6.07) is 1.16. The molecule has 0 aromatic heterocycles. The van der Waals surface area contributed by atoms with E-state index < -0.39 is 9.28 Å². The van der Waals surface area contributed by atoms with Gasteiger partial charge in [0.05, 0.1) is 0 Å². The van der Waals surface area contributed by atoms with Gasteiger partial charge in [0.2, 0.25) is 0 Å². The van der Waals surface area contributed by atoms with Crippen molar-refractivity contribution in [3.05, 3.63) is 0 Å². The highest BCUT2D eigenvalue weighted by Crippen LogP contribution is 2.07. The fourth-order valence-electron chi connectivity index (χ4n) is 2.33. The Kier molecular flexibility index (Phi) is 15.6. The van der Waals surface area contributed by atoms with Gasteiger partial charge in [0.15, 0.2) is 0 Å². The van der Waals surface area contributed by atoms with Gasteiger partial charge >= 0.3 is 9.28 Å². The Morgan fingerprint density at radius 2 is 1.20 bits per heavy atom. The van der Waals surface area contributed by atoms with Crippen molar-refractivity contribution in [3.63, 3.8) is 0 Å². The molecule has 20 heavy (non-hydrogen) atoms. The Morgan fingerprint density at radius 3 is 1.65 bits per heavy atom. The van der Waals surface area contributed by atoms with Crippen molar-refractivity contribution in [1.29, 1.82) is 0 Å². The first-order valence-electron chi connectivity index (χ1n) is 8.73. The molecule has 0 fully saturated rings. The van der Waals surface area contributed by atoms with Crippen LogP contribution in [0.3, 0.4) is 0 Å². The maximum atomic E-state index is 5.72. The first kappa shape index (κ1) is 20.1. The minimum absolute atomic E-state index is 0.802. The lowest BCUT2D eigenvalue weighted by atomic mass is 10.2. The number of nitrogens with zero attached hydrogens (tertiary/aromatic N) is 1. The molecular formula is C16H37NO2Si. The third-order valence-electron chi connectivity index (χ3n) is 3.53. The second-order valence-corrected chi connectivity index (χ2v) is 7.49. The summed E-state index contributed by atoms with van der Waals surface area (Å²) in [6.07, 6.45) is 7.80. The van der Waals surface area contributed by atoms with E-state index in [0.717, 1.165) is 19.3 Å². The molecule has 0 amide bonds. The lowest BCUT2D eigenvalue weighted by Gasteiger charge is -2.22. The van der Waals surface area contributed by atoms with Crippen LogP contribution in [0.2, 0.25) is 6.04 Å². The van der Waals surface area contributed by atoms with E-state index in [0.29, 0.717) is 0 Å². The maximum Gasteiger partial charge on any atom is 0.321 e. The molecule has 0 aliphatic carbocycles. The third kappa shape index (κ3) is 11.9. The molecule has 3 nitrogen and oxygen atoms in total. The zero-order valence-corrected chi connectivity index (χ0v) is 15.5. The van der Waals surface area contributed by atoms with Gasteiger partial charge in [0.1, 0.15) is 0 Å². The highest BCUT2D eigenvalue weighted by atomic mass is 28.3. The highest BCUT2D eigenvalue weighted by molar-refractivity contribution is 6.44. The molecule has 0 saturated heterocycles. The van der Waals surface area contributed by atoms with Gasteiger partial charge in [-0.15, -0.1) is 0 Å². The smallest absolute Gasteiger partial charge is 0.321 e. The molecular weight excluding hydrogens is 266 g/mol. The molecule has 0 bridgehead atoms. The lowest BCUT2D eigenvalue weighted by Crippen LogP contribution is -2.28. The molecule has 0 unspecified atom stereocenters. The van der Waals surface area contributed by atoms with Crippen molar-refractivity contribution >= 4 is 9.28 Å². The third-order valence-corrected chi connectivity index (χ3v) is 5.81. The Morgan fingerprint density at radius 1 is 0.700 bits per heavy atom. The molecule has 0 rings (SSSR count). The predicted octanol–water partition coefficient (Wildman–Crippen LogP) is 3.96. The van der Waals surface area contributed by atoms with E-state index in [2.05, 4.69) is 32.6 Å². The van der Waals surface area contributed by atoms with E-state index in [-0.39, 0.29) is 0 Å². The molecule has 122 valence electrons. The van der Waals surface area contributed by atoms with Crippen molar-refractivity contribution in [3.8, 4) is 0 Å². The van der Waals surface area contributed by atoms with Crippen LogP contribution in [0.4, 0.5) is 0 Å². The summed E-state index contributed by atoms with van der Waals surface area (Å²) in [6.45, 7) is 14.1. The maximum absolute atomic E-state index is 5.72. The minimum Gasteiger partial charge on any atom is -0.397 e. The Bertz CT molecular complexity index is 179. The summed E-state index contributed by atoms with van der Waals surface area (Å²) in [5.74, 6) is 0. The Hall–Kier alpha value is 0.0969. The molecule has 4 heteroatoms. The molecule has 0 aliphatic rings. The molecule has 0 spiro atoms. The fourth-order valence-corrected chi connectivity index (χ4v) is 4.13. The second-order valence-electron chi connectivity index (χ2n) is 5.38. The summed E-state index contributed by atoms with van der Waals surface area (Å²) < 4.78 is 11.4. The van der Waals surface area contributed by atoms with Crippen LogP contribution in [0.15, 0.2) is 0 Å². The number of hydrogen-bond donors (Lipinski definition) is 0. The summed E-state index contributed by atoms with van der Waals surface area (Å²) in [4.78, 5) is 2.64. The molecule has 0 aliphatic heterocycles. The summed E-state index contributed by atoms with van der Waals surface area (Å²) >= 11 is 0. The first-order chi connectivity index (χ1) is 9.78. The fraction of sp³-hybridized carbons (Fsp3) is 1.00. The van der Waals surface area contributed by atoms with Gasteiger partial charge in [0, 0.05) is 13.2 Å². The van der Waals surface area contributed by atoms with Gasteiger partial charge in [-0.3, -0.25) is 0 Å². The summed E-state index contributed by atoms with van der Waals surface area (Å²) in [5.41, 5.74) is 0. The van der Waals surface area contributed by atoms with E-state index >= 15 is 0 Å². The van der Waals surface area contributed by atoms with Crippen LogP contribution >= 0.6 is 0 Å². The zero-order valence-electron chi connectivity index (χ0n) is 14.3. The van der Waals surface area contributed by atoms with Gasteiger partial charge in [-0.2, -0.15) is 0 Å². The molecule has 0 heterocycles. The van der Waals surface area contributed by atoms with Crippen LogP contribution in [0.5, 0.6) is 0 Å². The van der Waals surface area contributed by atoms with Crippen LogP contribution in [-0.2, 0) is 8.85 Å². The van der Waals surface area contributed by atoms with Crippen molar-refractivity contribution in [2.45, 2.75) is 72.3 Å². The normalized spacial score (nSPS) is 11.7. The summed E-state index contributed by atoms with van der Waals surface area (Å²) in [7, 11) is -1.36. The predicted molar refractivity (Wildman–Crippen MR) is 90.7 cm³/mol. The Balaban J connectivity index is 3.77. The van der Waals surface area contributed by atoms with Crippen LogP contribution in [-0.4, -0.2) is 47.0 Å². The quantitative estimate of drug-likeness (QED) is 0.337. The van der Waals surface area contributed by atoms with Crippen molar-refractivity contribution < 1.29 is 8.85 Å². The second kappa shape index (κ2) is 15.5. The van der Waals surface area contributed by atoms with E-state index in [1.165, 1.54) is 58.2 Å². The minimum atomic E-state index is -1.36. The molecule has 0 atom stereocenters. The van der Waals surface area contributed by atoms with E-state index in [4.69, 9.17) is 8.85 Å². The topological polar surface area (TPSA) is 21.7 Å². The number of unbranched alkanes of at least 4 members (excludes halogenated alkanes) is 3. The van der Waals surface area contributed by atoms with Gasteiger partial charge < -0.3 is 13.8 Å². The molecule has 0 saturated carbocycles. The van der Waals surface area contributed by atoms with Crippen LogP contribution in [0.1, 0.15) is 66.2 Å². The average molecular weight is 304 g/mol.